The lowest BCUT2D eigenvalue weighted by Gasteiger charge is -1.87. The molecule has 0 aliphatic rings. The average Bonchev–Trinajstić information content (AvgIpc) is 2.49. The number of hydrogen-bond acceptors (Lipinski definition) is 2. The molecule has 1 amide bonds. The van der Waals surface area contributed by atoms with Crippen LogP contribution >= 0.6 is 11.3 Å². The number of hydrogen-bond donors (Lipinski definition) is 1. The first kappa shape index (κ1) is 8.19. The molecule has 13 heavy (non-hydrogen) atoms. The van der Waals surface area contributed by atoms with E-state index in [1.54, 1.807) is 12.1 Å². The number of amides is 1. The van der Waals surface area contributed by atoms with Crippen LogP contribution in [0, 0.1) is 5.82 Å². The summed E-state index contributed by atoms with van der Waals surface area (Å²) in [7, 11) is 0. The Hall–Kier alpha value is -1.42. The van der Waals surface area contributed by atoms with E-state index in [9.17, 15) is 9.18 Å². The summed E-state index contributed by atoms with van der Waals surface area (Å²) in [6.45, 7) is 0. The SMILES string of the molecule is NC(=O)c1cc2c(F)cccc2s1. The van der Waals surface area contributed by atoms with Gasteiger partial charge in [0.2, 0.25) is 0 Å². The summed E-state index contributed by atoms with van der Waals surface area (Å²) >= 11 is 1.20. The third kappa shape index (κ3) is 1.29. The van der Waals surface area contributed by atoms with E-state index in [1.807, 2.05) is 0 Å². The minimum atomic E-state index is -0.513. The number of carbonyl (C=O) groups is 1. The molecule has 1 heterocycles. The molecule has 66 valence electrons. The third-order valence-corrected chi connectivity index (χ3v) is 2.87. The Balaban J connectivity index is 2.75. The lowest BCUT2D eigenvalue weighted by Crippen LogP contribution is -2.08. The number of carbonyl (C=O) groups excluding carboxylic acids is 1. The van der Waals surface area contributed by atoms with Crippen LogP contribution < -0.4 is 5.73 Å². The lowest BCUT2D eigenvalue weighted by atomic mass is 10.2. The summed E-state index contributed by atoms with van der Waals surface area (Å²) in [4.78, 5) is 11.2. The van der Waals surface area contributed by atoms with E-state index < -0.39 is 5.91 Å². The first-order chi connectivity index (χ1) is 6.18. The molecule has 1 aromatic heterocycles. The molecule has 2 aromatic rings. The van der Waals surface area contributed by atoms with Crippen LogP contribution in [0.4, 0.5) is 4.39 Å². The molecule has 0 fully saturated rings. The first-order valence-corrected chi connectivity index (χ1v) is 4.48. The monoisotopic (exact) mass is 195 g/mol. The van der Waals surface area contributed by atoms with E-state index in [2.05, 4.69) is 0 Å². The smallest absolute Gasteiger partial charge is 0.258 e. The fraction of sp³-hybridized carbons (Fsp3) is 0. The second-order valence-corrected chi connectivity index (χ2v) is 3.71. The largest absolute Gasteiger partial charge is 0.365 e. The van der Waals surface area contributed by atoms with E-state index in [1.165, 1.54) is 23.5 Å². The van der Waals surface area contributed by atoms with Crippen molar-refractivity contribution in [2.24, 2.45) is 5.73 Å². The topological polar surface area (TPSA) is 43.1 Å². The fourth-order valence-electron chi connectivity index (χ4n) is 1.15. The fourth-order valence-corrected chi connectivity index (χ4v) is 2.07. The molecule has 0 bridgehead atoms. The molecule has 0 atom stereocenters. The summed E-state index contributed by atoms with van der Waals surface area (Å²) in [5.74, 6) is -0.832. The van der Waals surface area contributed by atoms with Gasteiger partial charge in [-0.05, 0) is 18.2 Å². The molecule has 0 spiro atoms. The van der Waals surface area contributed by atoms with Gasteiger partial charge in [0.25, 0.3) is 5.91 Å². The van der Waals surface area contributed by atoms with Gasteiger partial charge in [0.1, 0.15) is 5.82 Å². The quantitative estimate of drug-likeness (QED) is 0.744. The van der Waals surface area contributed by atoms with Crippen molar-refractivity contribution in [3.63, 3.8) is 0 Å². The van der Waals surface area contributed by atoms with Crippen LogP contribution in [0.3, 0.4) is 0 Å². The minimum Gasteiger partial charge on any atom is -0.365 e. The Morgan fingerprint density at radius 1 is 1.46 bits per heavy atom. The first-order valence-electron chi connectivity index (χ1n) is 3.66. The summed E-state index contributed by atoms with van der Waals surface area (Å²) < 4.78 is 13.9. The molecule has 0 saturated heterocycles. The highest BCUT2D eigenvalue weighted by Crippen LogP contribution is 2.26. The van der Waals surface area contributed by atoms with E-state index >= 15 is 0 Å². The number of nitrogens with two attached hydrogens (primary N) is 1. The molecule has 0 radical (unpaired) electrons. The van der Waals surface area contributed by atoms with Gasteiger partial charge in [-0.2, -0.15) is 0 Å². The lowest BCUT2D eigenvalue weighted by molar-refractivity contribution is 0.100. The van der Waals surface area contributed by atoms with Crippen molar-refractivity contribution in [1.82, 2.24) is 0 Å². The standard InChI is InChI=1S/C9H6FNOS/c10-6-2-1-3-7-5(6)4-8(13-7)9(11)12/h1-4H,(H2,11,12). The van der Waals surface area contributed by atoms with Gasteiger partial charge in [0.15, 0.2) is 0 Å². The van der Waals surface area contributed by atoms with Crippen molar-refractivity contribution in [3.05, 3.63) is 35.0 Å². The van der Waals surface area contributed by atoms with Gasteiger partial charge in [-0.1, -0.05) is 6.07 Å². The van der Waals surface area contributed by atoms with Crippen LogP contribution in [-0.4, -0.2) is 5.91 Å². The highest BCUT2D eigenvalue weighted by Gasteiger charge is 2.08. The van der Waals surface area contributed by atoms with Crippen molar-refractivity contribution in [1.29, 1.82) is 0 Å². The molecular weight excluding hydrogens is 189 g/mol. The van der Waals surface area contributed by atoms with Gasteiger partial charge >= 0.3 is 0 Å². The zero-order valence-electron chi connectivity index (χ0n) is 6.58. The van der Waals surface area contributed by atoms with Crippen molar-refractivity contribution in [2.75, 3.05) is 0 Å². The number of fused-ring (bicyclic) bond motifs is 1. The van der Waals surface area contributed by atoms with E-state index in [4.69, 9.17) is 5.73 Å². The molecular formula is C9H6FNOS. The van der Waals surface area contributed by atoms with Crippen molar-refractivity contribution < 1.29 is 9.18 Å². The molecule has 0 unspecified atom stereocenters. The van der Waals surface area contributed by atoms with Gasteiger partial charge in [0, 0.05) is 10.1 Å². The van der Waals surface area contributed by atoms with Gasteiger partial charge in [-0.15, -0.1) is 11.3 Å². The van der Waals surface area contributed by atoms with Crippen molar-refractivity contribution >= 4 is 27.3 Å². The Kier molecular flexibility index (Phi) is 1.77. The second kappa shape index (κ2) is 2.81. The van der Waals surface area contributed by atoms with Crippen LogP contribution in [0.2, 0.25) is 0 Å². The summed E-state index contributed by atoms with van der Waals surface area (Å²) in [5, 5.41) is 0.460. The third-order valence-electron chi connectivity index (χ3n) is 1.75. The zero-order valence-corrected chi connectivity index (χ0v) is 7.40. The van der Waals surface area contributed by atoms with Crippen LogP contribution in [0.25, 0.3) is 10.1 Å². The normalized spacial score (nSPS) is 10.5. The van der Waals surface area contributed by atoms with Crippen LogP contribution in [0.15, 0.2) is 24.3 Å². The van der Waals surface area contributed by atoms with Gasteiger partial charge in [-0.3, -0.25) is 4.79 Å². The molecule has 2 N–H and O–H groups in total. The van der Waals surface area contributed by atoms with Crippen LogP contribution in [0.5, 0.6) is 0 Å². The Morgan fingerprint density at radius 2 is 2.23 bits per heavy atom. The minimum absolute atomic E-state index is 0.318. The Labute approximate surface area is 77.8 Å². The maximum atomic E-state index is 13.1. The molecule has 4 heteroatoms. The van der Waals surface area contributed by atoms with Crippen LogP contribution in [0.1, 0.15) is 9.67 Å². The maximum Gasteiger partial charge on any atom is 0.258 e. The second-order valence-electron chi connectivity index (χ2n) is 2.63. The van der Waals surface area contributed by atoms with Crippen LogP contribution in [-0.2, 0) is 0 Å². The predicted molar refractivity (Wildman–Crippen MR) is 50.3 cm³/mol. The van der Waals surface area contributed by atoms with Gasteiger partial charge in [-0.25, -0.2) is 4.39 Å². The Morgan fingerprint density at radius 3 is 2.85 bits per heavy atom. The van der Waals surface area contributed by atoms with E-state index in [0.29, 0.717) is 10.3 Å². The van der Waals surface area contributed by atoms with Crippen molar-refractivity contribution in [2.45, 2.75) is 0 Å². The molecule has 0 saturated carbocycles. The number of benzene rings is 1. The number of halogens is 1. The Bertz CT molecular complexity index is 477. The van der Waals surface area contributed by atoms with Crippen molar-refractivity contribution in [3.8, 4) is 0 Å². The number of thiophene rings is 1. The van der Waals surface area contributed by atoms with Gasteiger partial charge < -0.3 is 5.73 Å². The highest BCUT2D eigenvalue weighted by molar-refractivity contribution is 7.20. The summed E-state index contributed by atoms with van der Waals surface area (Å²) in [6, 6.07) is 6.21. The number of primary amides is 1. The highest BCUT2D eigenvalue weighted by atomic mass is 32.1. The average molecular weight is 195 g/mol. The maximum absolute atomic E-state index is 13.1. The summed E-state index contributed by atoms with van der Waals surface area (Å²) in [5.41, 5.74) is 5.08. The molecule has 0 aliphatic carbocycles. The molecule has 2 nitrogen and oxygen atoms in total. The molecule has 2 rings (SSSR count). The summed E-state index contributed by atoms with van der Waals surface area (Å²) in [6.07, 6.45) is 0. The van der Waals surface area contributed by atoms with Gasteiger partial charge in [0.05, 0.1) is 4.88 Å². The molecule has 0 aliphatic heterocycles. The zero-order chi connectivity index (χ0) is 9.42. The number of rotatable bonds is 1. The van der Waals surface area contributed by atoms with E-state index in [0.717, 1.165) is 4.70 Å². The molecule has 1 aromatic carbocycles. The van der Waals surface area contributed by atoms with E-state index in [-0.39, 0.29) is 5.82 Å². The predicted octanol–water partition coefficient (Wildman–Crippen LogP) is 2.14.